The molecule has 0 saturated carbocycles. The molecule has 0 unspecified atom stereocenters. The third-order valence-electron chi connectivity index (χ3n) is 12.6. The van der Waals surface area contributed by atoms with E-state index in [2.05, 4.69) is 206 Å². The van der Waals surface area contributed by atoms with Crippen molar-refractivity contribution in [2.75, 3.05) is 0 Å². The molecule has 0 radical (unpaired) electrons. The molecule has 4 aliphatic heterocycles. The van der Waals surface area contributed by atoms with Crippen LogP contribution in [0, 0.1) is 0 Å². The first-order chi connectivity index (χ1) is 36.0. The van der Waals surface area contributed by atoms with Gasteiger partial charge in [-0.3, -0.25) is 0 Å². The second-order valence-corrected chi connectivity index (χ2v) is 19.6. The van der Waals surface area contributed by atoms with Crippen molar-refractivity contribution in [1.29, 1.82) is 0 Å². The molecule has 4 aromatic carbocycles. The van der Waals surface area contributed by atoms with Crippen molar-refractivity contribution in [2.24, 2.45) is 0 Å². The Morgan fingerprint density at radius 3 is 0.959 bits per heavy atom. The van der Waals surface area contributed by atoms with Gasteiger partial charge in [0.15, 0.2) is 0 Å². The third kappa shape index (κ3) is 10.2. The van der Waals surface area contributed by atoms with E-state index in [1.807, 2.05) is 72.8 Å². The van der Waals surface area contributed by atoms with Crippen LogP contribution in [0.2, 0.25) is 0 Å². The van der Waals surface area contributed by atoms with Gasteiger partial charge < -0.3 is 19.9 Å². The van der Waals surface area contributed by atoms with Gasteiger partial charge in [0.25, 0.3) is 0 Å². The van der Waals surface area contributed by atoms with Crippen molar-refractivity contribution in [3.63, 3.8) is 0 Å². The summed E-state index contributed by atoms with van der Waals surface area (Å²) in [5.41, 5.74) is 22.0. The van der Waals surface area contributed by atoms with Crippen LogP contribution in [0.25, 0.3) is 126 Å². The van der Waals surface area contributed by atoms with Crippen LogP contribution in [0.5, 0.6) is 0 Å². The standard InChI is InChI=1S/C38H26N4.C20H14N4.C6H5.Zn/c1-4-10-25(11-5-1)36-30-18-16-28(39-30)24-29-17-19-31(40-29)37(26-12-6-2-7-13-26)33-21-23-35(42-33)38(27-14-8-3-9-15-27)34-22-20-32(36)41-34;1-2-14-10-16-5-6-18(23-16)12-20-8-7-19(24-20)11-17-4-3-15(22-17)9-13(1)21-14;1-2-4-6-5-3-1;/h1-24,39,42H;1-12,21,24H;1-5H;. The first-order valence-corrected chi connectivity index (χ1v) is 25.7. The van der Waals surface area contributed by atoms with Crippen LogP contribution >= 0.6 is 0 Å². The molecule has 4 N–H and O–H groups in total. The van der Waals surface area contributed by atoms with Crippen molar-refractivity contribution < 1.29 is 18.3 Å². The molecule has 6 aromatic heterocycles. The Balaban J connectivity index is 0.000000146. The van der Waals surface area contributed by atoms with E-state index < -0.39 is 0 Å². The van der Waals surface area contributed by atoms with Gasteiger partial charge in [-0.1, -0.05) is 91.0 Å². The Bertz CT molecular complexity index is 3930. The SMILES string of the molecule is C1=Cc2cc3ccc(cc4nc(cc5ccc(cc1n2)[nH]5)C=C4)[nH]3.C1=Cc2nc1cc1ccc([nH]1)c(-c1ccccc1)c1nc(c(-c3ccccc3)c3ccc([nH]3)c2-c2ccccc2)C=C1.[Zn][c]1ccccc1. The molecule has 0 aliphatic carbocycles. The van der Waals surface area contributed by atoms with Gasteiger partial charge in [0.2, 0.25) is 0 Å². The minimum absolute atomic E-state index is 0.900. The number of hydrogen-bond acceptors (Lipinski definition) is 4. The molecule has 4 aliphatic rings. The van der Waals surface area contributed by atoms with E-state index in [1.165, 1.54) is 22.5 Å². The number of H-pyrrole nitrogens is 4. The number of nitrogens with zero attached hydrogens (tertiary/aromatic N) is 4. The molecule has 10 aromatic rings. The van der Waals surface area contributed by atoms with Crippen molar-refractivity contribution in [3.05, 3.63) is 246 Å². The second-order valence-electron chi connectivity index (χ2n) is 17.8. The van der Waals surface area contributed by atoms with E-state index in [0.29, 0.717) is 0 Å². The molecule has 0 spiro atoms. The monoisotopic (exact) mass is 989 g/mol. The first-order valence-electron chi connectivity index (χ1n) is 24.2. The van der Waals surface area contributed by atoms with E-state index in [4.69, 9.17) is 9.97 Å². The molecule has 10 heterocycles. The van der Waals surface area contributed by atoms with Crippen LogP contribution in [-0.2, 0) is 18.3 Å². The zero-order valence-electron chi connectivity index (χ0n) is 39.7. The third-order valence-corrected chi connectivity index (χ3v) is 13.6. The summed E-state index contributed by atoms with van der Waals surface area (Å²) in [6.07, 6.45) is 16.5. The molecule has 8 nitrogen and oxygen atoms in total. The number of benzene rings is 4. The number of fused-ring (bicyclic) bond motifs is 16. The maximum absolute atomic E-state index is 5.27. The van der Waals surface area contributed by atoms with Crippen LogP contribution < -0.4 is 4.16 Å². The number of rotatable bonds is 3. The molecular formula is C64H45N8Zn. The van der Waals surface area contributed by atoms with Crippen LogP contribution in [0.4, 0.5) is 0 Å². The first kappa shape index (κ1) is 44.9. The van der Waals surface area contributed by atoms with Gasteiger partial charge in [0.1, 0.15) is 0 Å². The Hall–Kier alpha value is -9.30. The molecule has 16 bridgehead atoms. The molecule has 0 amide bonds. The summed E-state index contributed by atoms with van der Waals surface area (Å²) in [6, 6.07) is 68.8. The summed E-state index contributed by atoms with van der Waals surface area (Å²) >= 11 is 1.26. The van der Waals surface area contributed by atoms with Crippen LogP contribution in [0.3, 0.4) is 0 Å². The van der Waals surface area contributed by atoms with Crippen molar-refractivity contribution in [2.45, 2.75) is 0 Å². The molecule has 0 fully saturated rings. The van der Waals surface area contributed by atoms with E-state index in [0.717, 1.165) is 123 Å². The molecule has 343 valence electrons. The summed E-state index contributed by atoms with van der Waals surface area (Å²) in [7, 11) is 0. The Kier molecular flexibility index (Phi) is 12.4. The van der Waals surface area contributed by atoms with E-state index in [-0.39, 0.29) is 0 Å². The Morgan fingerprint density at radius 1 is 0.260 bits per heavy atom. The number of aromatic amines is 4. The normalized spacial score (nSPS) is 12.0. The average molecular weight is 992 g/mol. The molecule has 9 heteroatoms. The van der Waals surface area contributed by atoms with Crippen LogP contribution in [0.15, 0.2) is 200 Å². The maximum atomic E-state index is 5.27. The van der Waals surface area contributed by atoms with Gasteiger partial charge in [-0.2, -0.15) is 0 Å². The van der Waals surface area contributed by atoms with Gasteiger partial charge in [0.05, 0.1) is 45.6 Å². The summed E-state index contributed by atoms with van der Waals surface area (Å²) < 4.78 is 1.45. The predicted molar refractivity (Wildman–Crippen MR) is 300 cm³/mol. The number of hydrogen-bond donors (Lipinski definition) is 4. The fraction of sp³-hybridized carbons (Fsp3) is 0. The summed E-state index contributed by atoms with van der Waals surface area (Å²) in [5, 5.41) is 0. The van der Waals surface area contributed by atoms with E-state index in [1.54, 1.807) is 0 Å². The topological polar surface area (TPSA) is 115 Å². The summed E-state index contributed by atoms with van der Waals surface area (Å²) in [4.78, 5) is 33.8. The quantitative estimate of drug-likeness (QED) is 0.132. The Morgan fingerprint density at radius 2 is 0.562 bits per heavy atom. The summed E-state index contributed by atoms with van der Waals surface area (Å²) in [5.74, 6) is 0. The Labute approximate surface area is 431 Å². The number of aromatic nitrogens is 8. The molecule has 14 rings (SSSR count). The van der Waals surface area contributed by atoms with Crippen LogP contribution in [-0.4, -0.2) is 39.9 Å². The van der Waals surface area contributed by atoms with Gasteiger partial charge in [0, 0.05) is 60.8 Å². The minimum atomic E-state index is 0.900. The van der Waals surface area contributed by atoms with Gasteiger partial charge >= 0.3 is 52.8 Å². The van der Waals surface area contributed by atoms with Crippen molar-refractivity contribution in [3.8, 4) is 33.4 Å². The van der Waals surface area contributed by atoms with Crippen LogP contribution in [0.1, 0.15) is 45.6 Å². The van der Waals surface area contributed by atoms with Crippen molar-refractivity contribution >= 4 is 96.9 Å². The molecule has 0 atom stereocenters. The average Bonchev–Trinajstić information content (AvgIpc) is 4.28. The predicted octanol–water partition coefficient (Wildman–Crippen LogP) is 15.2. The second kappa shape index (κ2) is 20.2. The molecular weight excluding hydrogens is 946 g/mol. The number of nitrogens with one attached hydrogen (secondary N) is 4. The molecule has 0 saturated heterocycles. The zero-order chi connectivity index (χ0) is 48.9. The van der Waals surface area contributed by atoms with Gasteiger partial charge in [-0.05, 0) is 144 Å². The van der Waals surface area contributed by atoms with E-state index >= 15 is 0 Å². The summed E-state index contributed by atoms with van der Waals surface area (Å²) in [6.45, 7) is 0. The zero-order valence-corrected chi connectivity index (χ0v) is 42.6. The fourth-order valence-corrected chi connectivity index (χ4v) is 9.86. The van der Waals surface area contributed by atoms with Crippen molar-refractivity contribution in [1.82, 2.24) is 39.9 Å². The van der Waals surface area contributed by atoms with Gasteiger partial charge in [-0.15, -0.1) is 0 Å². The van der Waals surface area contributed by atoms with Gasteiger partial charge in [-0.25, -0.2) is 19.9 Å². The fourth-order valence-electron chi connectivity index (χ4n) is 9.29. The molecule has 73 heavy (non-hydrogen) atoms. The van der Waals surface area contributed by atoms with E-state index in [9.17, 15) is 0 Å².